The van der Waals surface area contributed by atoms with Crippen LogP contribution in [-0.4, -0.2) is 54.8 Å². The molecule has 5 rings (SSSR count). The number of likely N-dealkylation sites (tertiary alicyclic amines) is 1. The lowest BCUT2D eigenvalue weighted by Gasteiger charge is -2.44. The average Bonchev–Trinajstić information content (AvgIpc) is 3.56. The number of allylic oxidation sites excluding steroid dienone is 1. The fourth-order valence-electron chi connectivity index (χ4n) is 5.06. The smallest absolute Gasteiger partial charge is 0.293 e. The van der Waals surface area contributed by atoms with Crippen LogP contribution >= 0.6 is 11.6 Å². The molecule has 3 aliphatic rings. The Morgan fingerprint density at radius 2 is 1.86 bits per heavy atom. The minimum absolute atomic E-state index is 0.0215. The molecule has 0 unspecified atom stereocenters. The highest BCUT2D eigenvalue weighted by Gasteiger charge is 2.50. The lowest BCUT2D eigenvalue weighted by Crippen LogP contribution is -2.56. The monoisotopic (exact) mass is 521 g/mol. The van der Waals surface area contributed by atoms with Gasteiger partial charge in [-0.05, 0) is 56.0 Å². The van der Waals surface area contributed by atoms with Crippen molar-refractivity contribution >= 4 is 41.0 Å². The van der Waals surface area contributed by atoms with Crippen LogP contribution in [0.3, 0.4) is 0 Å². The number of carbonyl (C=O) groups excluding carboxylic acids is 2. The van der Waals surface area contributed by atoms with Gasteiger partial charge in [0.15, 0.2) is 0 Å². The van der Waals surface area contributed by atoms with Gasteiger partial charge in [0, 0.05) is 41.1 Å². The zero-order valence-electron chi connectivity index (χ0n) is 20.9. The van der Waals surface area contributed by atoms with Crippen molar-refractivity contribution in [2.75, 3.05) is 36.6 Å². The van der Waals surface area contributed by atoms with Gasteiger partial charge in [0.05, 0.1) is 13.3 Å². The predicted octanol–water partition coefficient (Wildman–Crippen LogP) is 4.38. The zero-order chi connectivity index (χ0) is 26.0. The number of anilines is 2. The third-order valence-electron chi connectivity index (χ3n) is 7.66. The summed E-state index contributed by atoms with van der Waals surface area (Å²) in [5.41, 5.74) is 1.37. The quantitative estimate of drug-likeness (QED) is 0.272. The summed E-state index contributed by atoms with van der Waals surface area (Å²) >= 11 is 6.10. The van der Waals surface area contributed by atoms with Gasteiger partial charge in [-0.2, -0.15) is 0 Å². The lowest BCUT2D eigenvalue weighted by atomic mass is 9.85. The van der Waals surface area contributed by atoms with E-state index in [1.54, 1.807) is 24.3 Å². The number of benzene rings is 2. The molecule has 0 aromatic heterocycles. The fraction of sp³-hybridized carbons (Fsp3) is 0.393. The van der Waals surface area contributed by atoms with E-state index < -0.39 is 11.4 Å². The number of amides is 2. The van der Waals surface area contributed by atoms with Crippen molar-refractivity contribution in [3.05, 3.63) is 71.1 Å². The second-order valence-corrected chi connectivity index (χ2v) is 10.8. The normalized spacial score (nSPS) is 20.2. The molecule has 0 bridgehead atoms. The Hall–Kier alpha value is -3.52. The highest BCUT2D eigenvalue weighted by Crippen LogP contribution is 2.45. The third-order valence-corrected chi connectivity index (χ3v) is 7.90. The Morgan fingerprint density at radius 1 is 1.14 bits per heavy atom. The molecule has 2 aliphatic heterocycles. The summed E-state index contributed by atoms with van der Waals surface area (Å²) in [6, 6.07) is 16.9. The van der Waals surface area contributed by atoms with Crippen molar-refractivity contribution in [1.29, 1.82) is 5.41 Å². The molecule has 3 fully saturated rings. The average molecular weight is 522 g/mol. The molecule has 2 saturated heterocycles. The van der Waals surface area contributed by atoms with Crippen LogP contribution < -0.4 is 15.5 Å². The first-order valence-corrected chi connectivity index (χ1v) is 13.0. The molecule has 2 aromatic carbocycles. The number of nitrogens with zero attached hydrogens (tertiary/aromatic N) is 2. The summed E-state index contributed by atoms with van der Waals surface area (Å²) in [7, 11) is 0. The highest BCUT2D eigenvalue weighted by molar-refractivity contribution is 6.31. The third kappa shape index (κ3) is 5.16. The molecule has 3 N–H and O–H groups in total. The van der Waals surface area contributed by atoms with E-state index >= 15 is 0 Å². The maximum atomic E-state index is 13.4. The van der Waals surface area contributed by atoms with Crippen molar-refractivity contribution in [3.8, 4) is 0 Å². The van der Waals surface area contributed by atoms with Crippen molar-refractivity contribution in [2.24, 2.45) is 5.41 Å². The lowest BCUT2D eigenvalue weighted by molar-refractivity contribution is -0.125. The Bertz CT molecular complexity index is 1220. The molecular formula is C28H32ClN5O3. The van der Waals surface area contributed by atoms with Gasteiger partial charge in [-0.3, -0.25) is 9.59 Å². The number of para-hydroxylation sites is 1. The summed E-state index contributed by atoms with van der Waals surface area (Å²) < 4.78 is 6.12. The minimum atomic E-state index is -0.656. The van der Waals surface area contributed by atoms with Crippen LogP contribution in [0.4, 0.5) is 11.4 Å². The largest absolute Gasteiger partial charge is 0.486 e. The van der Waals surface area contributed by atoms with E-state index in [4.69, 9.17) is 21.7 Å². The Labute approximate surface area is 222 Å². The van der Waals surface area contributed by atoms with Crippen LogP contribution in [0.1, 0.15) is 32.6 Å². The first kappa shape index (κ1) is 25.1. The van der Waals surface area contributed by atoms with Gasteiger partial charge >= 0.3 is 0 Å². The van der Waals surface area contributed by atoms with Crippen LogP contribution in [0.5, 0.6) is 0 Å². The second kappa shape index (κ2) is 10.1. The molecule has 194 valence electrons. The number of piperidine rings is 1. The molecule has 2 heterocycles. The molecule has 2 amide bonds. The number of ether oxygens (including phenoxy) is 1. The first-order valence-electron chi connectivity index (χ1n) is 12.6. The van der Waals surface area contributed by atoms with E-state index in [1.807, 2.05) is 35.2 Å². The number of halogens is 1. The predicted molar refractivity (Wildman–Crippen MR) is 145 cm³/mol. The van der Waals surface area contributed by atoms with E-state index in [0.29, 0.717) is 55.6 Å². The van der Waals surface area contributed by atoms with E-state index in [2.05, 4.69) is 22.5 Å². The van der Waals surface area contributed by atoms with Crippen molar-refractivity contribution in [2.45, 2.75) is 38.1 Å². The Kier molecular flexibility index (Phi) is 6.86. The number of hydrogen-bond acceptors (Lipinski definition) is 6. The Balaban J connectivity index is 1.39. The van der Waals surface area contributed by atoms with Gasteiger partial charge in [0.2, 0.25) is 11.7 Å². The molecule has 1 spiro atoms. The van der Waals surface area contributed by atoms with Crippen LogP contribution in [-0.2, 0) is 14.3 Å². The maximum absolute atomic E-state index is 13.4. The summed E-state index contributed by atoms with van der Waals surface area (Å²) in [5, 5.41) is 14.6. The van der Waals surface area contributed by atoms with Crippen molar-refractivity contribution in [1.82, 2.24) is 10.2 Å². The maximum Gasteiger partial charge on any atom is 0.293 e. The molecule has 1 aliphatic carbocycles. The van der Waals surface area contributed by atoms with Crippen LogP contribution in [0, 0.1) is 10.8 Å². The van der Waals surface area contributed by atoms with E-state index in [0.717, 1.165) is 18.5 Å². The molecule has 8 nitrogen and oxygen atoms in total. The Morgan fingerprint density at radius 3 is 2.51 bits per heavy atom. The van der Waals surface area contributed by atoms with Gasteiger partial charge < -0.3 is 30.6 Å². The van der Waals surface area contributed by atoms with Gasteiger partial charge in [0.25, 0.3) is 5.91 Å². The SMILES string of the molecule is CC1(CO/C(C(=O)Nc2cccc(Cl)c2)=C(/C=N)N2CCC3(CC2)C(=O)NCN3c2ccccc2)CC1. The number of nitrogens with one attached hydrogen (secondary N) is 3. The molecular weight excluding hydrogens is 490 g/mol. The van der Waals surface area contributed by atoms with Crippen LogP contribution in [0.25, 0.3) is 0 Å². The van der Waals surface area contributed by atoms with Crippen LogP contribution in [0.2, 0.25) is 5.02 Å². The summed E-state index contributed by atoms with van der Waals surface area (Å²) in [6.45, 7) is 4.02. The molecule has 0 radical (unpaired) electrons. The number of carbonyl (C=O) groups is 2. The van der Waals surface area contributed by atoms with E-state index in [-0.39, 0.29) is 17.1 Å². The molecule has 1 saturated carbocycles. The number of rotatable bonds is 8. The van der Waals surface area contributed by atoms with Gasteiger partial charge in [-0.1, -0.05) is 42.8 Å². The topological polar surface area (TPSA) is 97.8 Å². The molecule has 2 aromatic rings. The van der Waals surface area contributed by atoms with Crippen molar-refractivity contribution in [3.63, 3.8) is 0 Å². The summed E-state index contributed by atoms with van der Waals surface area (Å²) in [4.78, 5) is 30.6. The molecule has 0 atom stereocenters. The zero-order valence-corrected chi connectivity index (χ0v) is 21.7. The van der Waals surface area contributed by atoms with E-state index in [1.165, 1.54) is 6.21 Å². The fourth-order valence-corrected chi connectivity index (χ4v) is 5.25. The standard InChI is InChI=1S/C28H32ClN5O3/c1-27(10-11-27)18-37-24(25(35)32-21-7-5-6-20(29)16-21)23(17-30)33-14-12-28(13-15-33)26(36)31-19-34(28)22-8-3-2-4-9-22/h2-9,16-17,30H,10-15,18-19H2,1H3,(H,31,36)(H,32,35)/b24-23-,30-17?. The van der Waals surface area contributed by atoms with E-state index in [9.17, 15) is 9.59 Å². The summed E-state index contributed by atoms with van der Waals surface area (Å²) in [5.74, 6) is -0.280. The second-order valence-electron chi connectivity index (χ2n) is 10.4. The van der Waals surface area contributed by atoms with Crippen molar-refractivity contribution < 1.29 is 14.3 Å². The number of hydrogen-bond donors (Lipinski definition) is 3. The van der Waals surface area contributed by atoms with Gasteiger partial charge in [0.1, 0.15) is 11.2 Å². The van der Waals surface area contributed by atoms with Crippen LogP contribution in [0.15, 0.2) is 66.1 Å². The molecule has 9 heteroatoms. The van der Waals surface area contributed by atoms with Gasteiger partial charge in [-0.15, -0.1) is 0 Å². The first-order chi connectivity index (χ1) is 17.8. The minimum Gasteiger partial charge on any atom is -0.486 e. The van der Waals surface area contributed by atoms with Gasteiger partial charge in [-0.25, -0.2) is 0 Å². The highest BCUT2D eigenvalue weighted by atomic mass is 35.5. The summed E-state index contributed by atoms with van der Waals surface area (Å²) in [6.07, 6.45) is 4.40. The molecule has 37 heavy (non-hydrogen) atoms.